The molecule has 0 aromatic heterocycles. The van der Waals surface area contributed by atoms with E-state index in [-0.39, 0.29) is 17.0 Å². The quantitative estimate of drug-likeness (QED) is 0.339. The molecule has 8 nitrogen and oxygen atoms in total. The molecule has 0 radical (unpaired) electrons. The number of morpholine rings is 1. The molecule has 4 rings (SSSR count). The Bertz CT molecular complexity index is 1350. The van der Waals surface area contributed by atoms with Crippen molar-refractivity contribution in [3.8, 4) is 0 Å². The van der Waals surface area contributed by atoms with E-state index in [1.165, 1.54) is 4.31 Å². The molecule has 0 aliphatic carbocycles. The van der Waals surface area contributed by atoms with Gasteiger partial charge >= 0.3 is 6.03 Å². The Morgan fingerprint density at radius 2 is 1.65 bits per heavy atom. The molecule has 1 aliphatic heterocycles. The minimum absolute atomic E-state index is 0.137. The van der Waals surface area contributed by atoms with Gasteiger partial charge in [-0.1, -0.05) is 68.4 Å². The van der Waals surface area contributed by atoms with Gasteiger partial charge < -0.3 is 15.0 Å². The van der Waals surface area contributed by atoms with Crippen LogP contribution in [0.3, 0.4) is 0 Å². The summed E-state index contributed by atoms with van der Waals surface area (Å²) in [6, 6.07) is 21.0. The molecule has 216 valence electrons. The molecular formula is C31H42N4O4S. The second-order valence-corrected chi connectivity index (χ2v) is 12.1. The number of nitrogens with zero attached hydrogens (tertiary/aromatic N) is 3. The lowest BCUT2D eigenvalue weighted by atomic mass is 10.00. The maximum atomic E-state index is 13.6. The van der Waals surface area contributed by atoms with Crippen LogP contribution in [-0.4, -0.2) is 81.0 Å². The first kappa shape index (κ1) is 30.0. The Balaban J connectivity index is 1.48. The van der Waals surface area contributed by atoms with Crippen LogP contribution >= 0.6 is 0 Å². The number of carbonyl (C=O) groups excluding carboxylic acids is 1. The Labute approximate surface area is 239 Å². The van der Waals surface area contributed by atoms with Crippen LogP contribution in [0.5, 0.6) is 0 Å². The average Bonchev–Trinajstić information content (AvgIpc) is 2.97. The summed E-state index contributed by atoms with van der Waals surface area (Å²) in [5, 5.41) is 5.48. The van der Waals surface area contributed by atoms with Crippen molar-refractivity contribution in [1.29, 1.82) is 0 Å². The zero-order valence-electron chi connectivity index (χ0n) is 23.9. The summed E-state index contributed by atoms with van der Waals surface area (Å²) in [6.45, 7) is 11.7. The molecule has 1 aliphatic rings. The van der Waals surface area contributed by atoms with Crippen molar-refractivity contribution < 1.29 is 17.9 Å². The molecule has 2 amide bonds. The van der Waals surface area contributed by atoms with Crippen LogP contribution in [0.2, 0.25) is 0 Å². The molecule has 9 heteroatoms. The Morgan fingerprint density at radius 1 is 0.975 bits per heavy atom. The highest BCUT2D eigenvalue weighted by molar-refractivity contribution is 7.89. The van der Waals surface area contributed by atoms with E-state index in [0.717, 1.165) is 61.2 Å². The number of nitrogens with one attached hydrogen (secondary N) is 1. The van der Waals surface area contributed by atoms with Gasteiger partial charge in [0.2, 0.25) is 10.0 Å². The SMILES string of the molecule is CCN(CC)S(=O)(=O)c1ccc(CN(CCCN2CCOCC2)C(=O)NC(C)c2cccc3ccccc23)cc1. The highest BCUT2D eigenvalue weighted by Gasteiger charge is 2.23. The van der Waals surface area contributed by atoms with E-state index in [1.807, 2.05) is 56.0 Å². The summed E-state index contributed by atoms with van der Waals surface area (Å²) in [5.41, 5.74) is 1.96. The molecular weight excluding hydrogens is 524 g/mol. The van der Waals surface area contributed by atoms with Crippen LogP contribution in [0.15, 0.2) is 71.6 Å². The van der Waals surface area contributed by atoms with Crippen molar-refractivity contribution in [2.75, 3.05) is 52.5 Å². The first-order chi connectivity index (χ1) is 19.3. The van der Waals surface area contributed by atoms with Gasteiger partial charge in [0, 0.05) is 45.8 Å². The number of hydrogen-bond acceptors (Lipinski definition) is 5. The van der Waals surface area contributed by atoms with Crippen molar-refractivity contribution in [2.45, 2.75) is 44.7 Å². The van der Waals surface area contributed by atoms with Gasteiger partial charge in [0.1, 0.15) is 0 Å². The molecule has 1 atom stereocenters. The van der Waals surface area contributed by atoms with Crippen molar-refractivity contribution >= 4 is 26.8 Å². The lowest BCUT2D eigenvalue weighted by molar-refractivity contribution is 0.0364. The molecule has 1 heterocycles. The number of sulfonamides is 1. The maximum absolute atomic E-state index is 13.6. The van der Waals surface area contributed by atoms with Gasteiger partial charge in [-0.2, -0.15) is 4.31 Å². The first-order valence-corrected chi connectivity index (χ1v) is 15.7. The van der Waals surface area contributed by atoms with Gasteiger partial charge in [-0.05, 0) is 47.4 Å². The van der Waals surface area contributed by atoms with Gasteiger partial charge in [0.25, 0.3) is 0 Å². The van der Waals surface area contributed by atoms with Gasteiger partial charge in [-0.15, -0.1) is 0 Å². The fourth-order valence-electron chi connectivity index (χ4n) is 5.24. The molecule has 3 aromatic carbocycles. The van der Waals surface area contributed by atoms with Gasteiger partial charge in [0.05, 0.1) is 24.2 Å². The number of benzene rings is 3. The number of carbonyl (C=O) groups is 1. The standard InChI is InChI=1S/C31H42N4O4S/c1-4-35(5-2)40(37,38)28-16-14-26(15-17-28)24-34(19-9-18-33-20-22-39-23-21-33)31(36)32-25(3)29-13-8-11-27-10-6-7-12-30(27)29/h6-8,10-17,25H,4-5,9,18-24H2,1-3H3,(H,32,36). The molecule has 0 bridgehead atoms. The number of fused-ring (bicyclic) bond motifs is 1. The minimum atomic E-state index is -3.53. The second kappa shape index (κ2) is 14.1. The van der Waals surface area contributed by atoms with Crippen molar-refractivity contribution in [2.24, 2.45) is 0 Å². The van der Waals surface area contributed by atoms with Crippen LogP contribution < -0.4 is 5.32 Å². The van der Waals surface area contributed by atoms with E-state index in [1.54, 1.807) is 12.1 Å². The van der Waals surface area contributed by atoms with Crippen LogP contribution in [0.1, 0.15) is 44.4 Å². The Morgan fingerprint density at radius 3 is 2.35 bits per heavy atom. The Hall–Kier alpha value is -2.98. The fraction of sp³-hybridized carbons (Fsp3) is 0.452. The van der Waals surface area contributed by atoms with Crippen molar-refractivity contribution in [3.05, 3.63) is 77.9 Å². The number of amides is 2. The van der Waals surface area contributed by atoms with Crippen molar-refractivity contribution in [1.82, 2.24) is 19.4 Å². The lowest BCUT2D eigenvalue weighted by Crippen LogP contribution is -2.43. The van der Waals surface area contributed by atoms with E-state index in [4.69, 9.17) is 4.74 Å². The maximum Gasteiger partial charge on any atom is 0.318 e. The normalized spacial score (nSPS) is 15.3. The summed E-state index contributed by atoms with van der Waals surface area (Å²) >= 11 is 0. The van der Waals surface area contributed by atoms with Crippen LogP contribution in [0, 0.1) is 0 Å². The smallest absolute Gasteiger partial charge is 0.318 e. The van der Waals surface area contributed by atoms with E-state index in [0.29, 0.717) is 26.2 Å². The highest BCUT2D eigenvalue weighted by atomic mass is 32.2. The van der Waals surface area contributed by atoms with Crippen LogP contribution in [-0.2, 0) is 21.3 Å². The van der Waals surface area contributed by atoms with E-state index in [9.17, 15) is 13.2 Å². The largest absolute Gasteiger partial charge is 0.379 e. The molecule has 0 saturated carbocycles. The molecule has 1 fully saturated rings. The predicted octanol–water partition coefficient (Wildman–Crippen LogP) is 4.87. The summed E-state index contributed by atoms with van der Waals surface area (Å²) < 4.78 is 32.7. The summed E-state index contributed by atoms with van der Waals surface area (Å²) in [6.07, 6.45) is 0.838. The molecule has 1 saturated heterocycles. The van der Waals surface area contributed by atoms with Crippen molar-refractivity contribution in [3.63, 3.8) is 0 Å². The summed E-state index contributed by atoms with van der Waals surface area (Å²) in [5.74, 6) is 0. The fourth-order valence-corrected chi connectivity index (χ4v) is 6.70. The van der Waals surface area contributed by atoms with E-state index in [2.05, 4.69) is 34.5 Å². The molecule has 3 aromatic rings. The molecule has 1 unspecified atom stereocenters. The zero-order chi connectivity index (χ0) is 28.5. The van der Waals surface area contributed by atoms with Gasteiger partial charge in [0.15, 0.2) is 0 Å². The molecule has 1 N–H and O–H groups in total. The lowest BCUT2D eigenvalue weighted by Gasteiger charge is -2.29. The van der Waals surface area contributed by atoms with Gasteiger partial charge in [-0.3, -0.25) is 4.90 Å². The third-order valence-corrected chi connectivity index (χ3v) is 9.63. The van der Waals surface area contributed by atoms with Crippen LogP contribution in [0.4, 0.5) is 4.79 Å². The van der Waals surface area contributed by atoms with E-state index >= 15 is 0 Å². The monoisotopic (exact) mass is 566 g/mol. The third-order valence-electron chi connectivity index (χ3n) is 7.56. The van der Waals surface area contributed by atoms with E-state index < -0.39 is 10.0 Å². The topological polar surface area (TPSA) is 82.2 Å². The Kier molecular flexibility index (Phi) is 10.6. The minimum Gasteiger partial charge on any atom is -0.379 e. The first-order valence-electron chi connectivity index (χ1n) is 14.3. The molecule has 40 heavy (non-hydrogen) atoms. The number of ether oxygens (including phenoxy) is 1. The predicted molar refractivity (Wildman–Crippen MR) is 160 cm³/mol. The number of hydrogen-bond donors (Lipinski definition) is 1. The number of urea groups is 1. The average molecular weight is 567 g/mol. The highest BCUT2D eigenvalue weighted by Crippen LogP contribution is 2.24. The number of rotatable bonds is 12. The van der Waals surface area contributed by atoms with Gasteiger partial charge in [-0.25, -0.2) is 13.2 Å². The zero-order valence-corrected chi connectivity index (χ0v) is 24.7. The summed E-state index contributed by atoms with van der Waals surface area (Å²) in [4.78, 5) is 18.1. The summed E-state index contributed by atoms with van der Waals surface area (Å²) in [7, 11) is -3.53. The molecule has 0 spiro atoms. The van der Waals surface area contributed by atoms with Crippen LogP contribution in [0.25, 0.3) is 10.8 Å². The third kappa shape index (κ3) is 7.40. The second-order valence-electron chi connectivity index (χ2n) is 10.2.